The van der Waals surface area contributed by atoms with Crippen molar-refractivity contribution in [2.24, 2.45) is 0 Å². The summed E-state index contributed by atoms with van der Waals surface area (Å²) in [5.74, 6) is 1.93. The van der Waals surface area contributed by atoms with Crippen LogP contribution in [-0.4, -0.2) is 16.5 Å². The van der Waals surface area contributed by atoms with E-state index in [0.29, 0.717) is 0 Å². The van der Waals surface area contributed by atoms with Crippen molar-refractivity contribution in [2.45, 2.75) is 59.3 Å². The maximum atomic E-state index is 4.67. The van der Waals surface area contributed by atoms with Crippen LogP contribution in [0.3, 0.4) is 0 Å². The van der Waals surface area contributed by atoms with Crippen LogP contribution in [-0.2, 0) is 12.8 Å². The highest BCUT2D eigenvalue weighted by atomic mass is 79.9. The van der Waals surface area contributed by atoms with E-state index in [1.54, 1.807) is 0 Å². The standard InChI is InChI=1S/C14H24BrN3/c1-4-7-9-12-17-11(8-5-2)13(15)14(18-12)16-10-6-3/h4-10H2,1-3H3,(H,16,17,18). The first-order chi connectivity index (χ1) is 8.72. The van der Waals surface area contributed by atoms with Gasteiger partial charge in [-0.3, -0.25) is 0 Å². The number of halogens is 1. The predicted molar refractivity (Wildman–Crippen MR) is 81.1 cm³/mol. The first-order valence-corrected chi connectivity index (χ1v) is 7.81. The summed E-state index contributed by atoms with van der Waals surface area (Å²) in [6, 6.07) is 0. The lowest BCUT2D eigenvalue weighted by atomic mass is 10.2. The minimum atomic E-state index is 0.953. The number of rotatable bonds is 8. The maximum absolute atomic E-state index is 4.67. The molecule has 0 radical (unpaired) electrons. The van der Waals surface area contributed by atoms with Crippen LogP contribution in [0.15, 0.2) is 4.47 Å². The minimum Gasteiger partial charge on any atom is -0.369 e. The molecule has 3 nitrogen and oxygen atoms in total. The summed E-state index contributed by atoms with van der Waals surface area (Å²) in [4.78, 5) is 9.29. The molecule has 1 rings (SSSR count). The molecule has 1 aromatic heterocycles. The zero-order valence-corrected chi connectivity index (χ0v) is 13.3. The highest BCUT2D eigenvalue weighted by molar-refractivity contribution is 9.10. The highest BCUT2D eigenvalue weighted by Crippen LogP contribution is 2.25. The van der Waals surface area contributed by atoms with Crippen LogP contribution in [0.2, 0.25) is 0 Å². The van der Waals surface area contributed by atoms with Crippen LogP contribution in [0.1, 0.15) is 58.0 Å². The van der Waals surface area contributed by atoms with Gasteiger partial charge in [0.15, 0.2) is 0 Å². The van der Waals surface area contributed by atoms with E-state index < -0.39 is 0 Å². The van der Waals surface area contributed by atoms with E-state index in [1.807, 2.05) is 0 Å². The predicted octanol–water partition coefficient (Wildman–Crippen LogP) is 4.36. The summed E-state index contributed by atoms with van der Waals surface area (Å²) in [7, 11) is 0. The van der Waals surface area contributed by atoms with Gasteiger partial charge in [0, 0.05) is 13.0 Å². The summed E-state index contributed by atoms with van der Waals surface area (Å²) < 4.78 is 1.04. The number of nitrogens with zero attached hydrogens (tertiary/aromatic N) is 2. The van der Waals surface area contributed by atoms with Gasteiger partial charge >= 0.3 is 0 Å². The van der Waals surface area contributed by atoms with Gasteiger partial charge in [0.25, 0.3) is 0 Å². The van der Waals surface area contributed by atoms with Crippen LogP contribution in [0.5, 0.6) is 0 Å². The summed E-state index contributed by atoms with van der Waals surface area (Å²) >= 11 is 3.63. The van der Waals surface area contributed by atoms with Gasteiger partial charge in [0.2, 0.25) is 0 Å². The van der Waals surface area contributed by atoms with E-state index in [4.69, 9.17) is 0 Å². The Labute approximate surface area is 119 Å². The zero-order valence-electron chi connectivity index (χ0n) is 11.7. The Kier molecular flexibility index (Phi) is 7.25. The van der Waals surface area contributed by atoms with Crippen LogP contribution in [0.4, 0.5) is 5.82 Å². The Morgan fingerprint density at radius 1 is 1.00 bits per heavy atom. The third kappa shape index (κ3) is 4.56. The lowest BCUT2D eigenvalue weighted by Crippen LogP contribution is -2.09. The third-order valence-electron chi connectivity index (χ3n) is 2.75. The second-order valence-electron chi connectivity index (χ2n) is 4.53. The number of hydrogen-bond acceptors (Lipinski definition) is 3. The van der Waals surface area contributed by atoms with Gasteiger partial charge in [0.05, 0.1) is 10.2 Å². The second-order valence-corrected chi connectivity index (χ2v) is 5.32. The molecule has 1 heterocycles. The first-order valence-electron chi connectivity index (χ1n) is 7.02. The minimum absolute atomic E-state index is 0.953. The number of aryl methyl sites for hydroxylation is 2. The molecule has 0 aliphatic rings. The number of nitrogens with one attached hydrogen (secondary N) is 1. The fraction of sp³-hybridized carbons (Fsp3) is 0.714. The number of unbranched alkanes of at least 4 members (excludes halogenated alkanes) is 1. The summed E-state index contributed by atoms with van der Waals surface area (Å²) in [6.45, 7) is 7.49. The molecule has 0 atom stereocenters. The molecular weight excluding hydrogens is 290 g/mol. The maximum Gasteiger partial charge on any atom is 0.144 e. The van der Waals surface area contributed by atoms with Crippen LogP contribution in [0, 0.1) is 0 Å². The molecule has 18 heavy (non-hydrogen) atoms. The SMILES string of the molecule is CCCCc1nc(CCC)c(Br)c(NCCC)n1. The molecule has 1 N–H and O–H groups in total. The van der Waals surface area contributed by atoms with Crippen molar-refractivity contribution in [1.29, 1.82) is 0 Å². The molecular formula is C14H24BrN3. The summed E-state index contributed by atoms with van der Waals surface area (Å²) in [6.07, 6.45) is 6.52. The van der Waals surface area contributed by atoms with E-state index in [-0.39, 0.29) is 0 Å². The van der Waals surface area contributed by atoms with E-state index in [9.17, 15) is 0 Å². The van der Waals surface area contributed by atoms with Crippen molar-refractivity contribution < 1.29 is 0 Å². The van der Waals surface area contributed by atoms with Crippen molar-refractivity contribution in [3.63, 3.8) is 0 Å². The Morgan fingerprint density at radius 2 is 1.78 bits per heavy atom. The average Bonchev–Trinajstić information content (AvgIpc) is 2.38. The number of hydrogen-bond donors (Lipinski definition) is 1. The van der Waals surface area contributed by atoms with Gasteiger partial charge < -0.3 is 5.32 Å². The van der Waals surface area contributed by atoms with Gasteiger partial charge in [0.1, 0.15) is 11.6 Å². The molecule has 0 bridgehead atoms. The lowest BCUT2D eigenvalue weighted by molar-refractivity contribution is 0.735. The molecule has 4 heteroatoms. The van der Waals surface area contributed by atoms with Gasteiger partial charge in [-0.25, -0.2) is 9.97 Å². The van der Waals surface area contributed by atoms with Crippen molar-refractivity contribution in [2.75, 3.05) is 11.9 Å². The van der Waals surface area contributed by atoms with Crippen LogP contribution >= 0.6 is 15.9 Å². The average molecular weight is 314 g/mol. The molecule has 0 saturated carbocycles. The molecule has 0 fully saturated rings. The molecule has 102 valence electrons. The van der Waals surface area contributed by atoms with Gasteiger partial charge in [-0.15, -0.1) is 0 Å². The summed E-state index contributed by atoms with van der Waals surface area (Å²) in [5, 5.41) is 3.38. The molecule has 0 aliphatic heterocycles. The Balaban J connectivity index is 2.94. The van der Waals surface area contributed by atoms with E-state index in [1.165, 1.54) is 6.42 Å². The molecule has 0 amide bonds. The van der Waals surface area contributed by atoms with Crippen LogP contribution in [0.25, 0.3) is 0 Å². The normalized spacial score (nSPS) is 10.7. The smallest absolute Gasteiger partial charge is 0.144 e. The fourth-order valence-corrected chi connectivity index (χ4v) is 2.27. The first kappa shape index (κ1) is 15.4. The van der Waals surface area contributed by atoms with Gasteiger partial charge in [-0.1, -0.05) is 33.6 Å². The quantitative estimate of drug-likeness (QED) is 0.775. The number of anilines is 1. The Morgan fingerprint density at radius 3 is 2.39 bits per heavy atom. The molecule has 0 spiro atoms. The topological polar surface area (TPSA) is 37.8 Å². The van der Waals surface area contributed by atoms with E-state index in [0.717, 1.165) is 60.5 Å². The molecule has 0 unspecified atom stereocenters. The van der Waals surface area contributed by atoms with Crippen molar-refractivity contribution in [3.05, 3.63) is 16.0 Å². The third-order valence-corrected chi connectivity index (χ3v) is 3.58. The second kappa shape index (κ2) is 8.46. The molecule has 0 aliphatic carbocycles. The largest absolute Gasteiger partial charge is 0.369 e. The Bertz CT molecular complexity index is 366. The lowest BCUT2D eigenvalue weighted by Gasteiger charge is -2.12. The van der Waals surface area contributed by atoms with Crippen molar-refractivity contribution in [3.8, 4) is 0 Å². The molecule has 0 saturated heterocycles. The van der Waals surface area contributed by atoms with E-state index >= 15 is 0 Å². The van der Waals surface area contributed by atoms with E-state index in [2.05, 4.69) is 52.0 Å². The van der Waals surface area contributed by atoms with Gasteiger partial charge in [-0.05, 0) is 35.2 Å². The highest BCUT2D eigenvalue weighted by Gasteiger charge is 2.11. The number of aromatic nitrogens is 2. The zero-order chi connectivity index (χ0) is 13.4. The molecule has 0 aromatic carbocycles. The monoisotopic (exact) mass is 313 g/mol. The molecule has 1 aromatic rings. The van der Waals surface area contributed by atoms with Crippen molar-refractivity contribution in [1.82, 2.24) is 9.97 Å². The van der Waals surface area contributed by atoms with Crippen LogP contribution < -0.4 is 5.32 Å². The van der Waals surface area contributed by atoms with Crippen molar-refractivity contribution >= 4 is 21.7 Å². The Hall–Kier alpha value is -0.640. The van der Waals surface area contributed by atoms with Gasteiger partial charge in [-0.2, -0.15) is 0 Å². The fourth-order valence-electron chi connectivity index (χ4n) is 1.75. The summed E-state index contributed by atoms with van der Waals surface area (Å²) in [5.41, 5.74) is 1.14.